The number of benzene rings is 2. The second-order valence-electron chi connectivity index (χ2n) is 4.75. The van der Waals surface area contributed by atoms with Crippen LogP contribution in [-0.4, -0.2) is 18.9 Å². The zero-order valence-corrected chi connectivity index (χ0v) is 12.0. The maximum Gasteiger partial charge on any atom is 0.185 e. The van der Waals surface area contributed by atoms with Crippen molar-refractivity contribution in [1.82, 2.24) is 0 Å². The second kappa shape index (κ2) is 8.02. The van der Waals surface area contributed by atoms with Gasteiger partial charge in [0.15, 0.2) is 5.78 Å². The Kier molecular flexibility index (Phi) is 5.73. The molecule has 0 heterocycles. The molecule has 0 bridgehead atoms. The molecule has 0 fully saturated rings. The van der Waals surface area contributed by atoms with Crippen molar-refractivity contribution in [2.75, 3.05) is 18.4 Å². The van der Waals surface area contributed by atoms with Gasteiger partial charge >= 0.3 is 0 Å². The number of anilines is 1. The van der Waals surface area contributed by atoms with Crippen molar-refractivity contribution >= 4 is 17.5 Å². The minimum absolute atomic E-state index is 0.00682. The van der Waals surface area contributed by atoms with Crippen LogP contribution in [0.3, 0.4) is 0 Å². The van der Waals surface area contributed by atoms with Crippen LogP contribution in [0.25, 0.3) is 6.08 Å². The topological polar surface area (TPSA) is 55.1 Å². The number of nitrogens with two attached hydrogens (primary N) is 1. The molecule has 2 aromatic rings. The summed E-state index contributed by atoms with van der Waals surface area (Å²) >= 11 is 0. The average Bonchev–Trinajstić information content (AvgIpc) is 2.54. The molecule has 108 valence electrons. The van der Waals surface area contributed by atoms with E-state index in [0.717, 1.165) is 24.2 Å². The number of rotatable bonds is 7. The Morgan fingerprint density at radius 2 is 1.76 bits per heavy atom. The molecule has 3 nitrogen and oxygen atoms in total. The number of carbonyl (C=O) groups is 1. The molecule has 0 spiro atoms. The van der Waals surface area contributed by atoms with Crippen LogP contribution in [0.5, 0.6) is 0 Å². The molecule has 0 saturated carbocycles. The molecule has 0 unspecified atom stereocenters. The molecule has 0 amide bonds. The first-order valence-electron chi connectivity index (χ1n) is 7.11. The molecule has 2 aromatic carbocycles. The Balaban J connectivity index is 1.95. The molecule has 0 aromatic heterocycles. The summed E-state index contributed by atoms with van der Waals surface area (Å²) in [6, 6.07) is 17.3. The Morgan fingerprint density at radius 3 is 2.43 bits per heavy atom. The number of ketones is 1. The molecule has 3 N–H and O–H groups in total. The van der Waals surface area contributed by atoms with Gasteiger partial charge in [0.05, 0.1) is 0 Å². The first kappa shape index (κ1) is 15.0. The summed E-state index contributed by atoms with van der Waals surface area (Å²) in [5.41, 5.74) is 8.16. The summed E-state index contributed by atoms with van der Waals surface area (Å²) in [6.45, 7) is 1.52. The van der Waals surface area contributed by atoms with Gasteiger partial charge in [0.2, 0.25) is 0 Å². The third-order valence-electron chi connectivity index (χ3n) is 3.11. The van der Waals surface area contributed by atoms with Crippen LogP contribution in [0.15, 0.2) is 60.7 Å². The van der Waals surface area contributed by atoms with Crippen LogP contribution < -0.4 is 11.1 Å². The summed E-state index contributed by atoms with van der Waals surface area (Å²) in [5.74, 6) is 0.00682. The van der Waals surface area contributed by atoms with Crippen LogP contribution in [0.4, 0.5) is 5.69 Å². The third-order valence-corrected chi connectivity index (χ3v) is 3.11. The van der Waals surface area contributed by atoms with E-state index in [1.54, 1.807) is 6.08 Å². The van der Waals surface area contributed by atoms with Gasteiger partial charge in [0.1, 0.15) is 0 Å². The smallest absolute Gasteiger partial charge is 0.185 e. The average molecular weight is 280 g/mol. The molecule has 0 radical (unpaired) electrons. The van der Waals surface area contributed by atoms with E-state index in [9.17, 15) is 4.79 Å². The van der Waals surface area contributed by atoms with Crippen LogP contribution in [0.2, 0.25) is 0 Å². The highest BCUT2D eigenvalue weighted by Gasteiger charge is 2.01. The Labute approximate surface area is 125 Å². The zero-order valence-electron chi connectivity index (χ0n) is 12.0. The SMILES string of the molecule is NCCCNc1ccc(C(=O)/C=C/c2ccccc2)cc1. The van der Waals surface area contributed by atoms with E-state index in [4.69, 9.17) is 5.73 Å². The van der Waals surface area contributed by atoms with Crippen molar-refractivity contribution in [2.24, 2.45) is 5.73 Å². The molecule has 0 aliphatic heterocycles. The first-order valence-corrected chi connectivity index (χ1v) is 7.11. The van der Waals surface area contributed by atoms with Gasteiger partial charge in [-0.05, 0) is 48.9 Å². The van der Waals surface area contributed by atoms with Crippen molar-refractivity contribution in [3.63, 3.8) is 0 Å². The lowest BCUT2D eigenvalue weighted by atomic mass is 10.1. The summed E-state index contributed by atoms with van der Waals surface area (Å²) in [4.78, 5) is 12.1. The Morgan fingerprint density at radius 1 is 1.05 bits per heavy atom. The second-order valence-corrected chi connectivity index (χ2v) is 4.75. The number of nitrogens with one attached hydrogen (secondary N) is 1. The van der Waals surface area contributed by atoms with Crippen LogP contribution in [0, 0.1) is 0 Å². The highest BCUT2D eigenvalue weighted by Crippen LogP contribution is 2.11. The number of carbonyl (C=O) groups excluding carboxylic acids is 1. The van der Waals surface area contributed by atoms with Crippen LogP contribution in [0.1, 0.15) is 22.3 Å². The summed E-state index contributed by atoms with van der Waals surface area (Å²) in [6.07, 6.45) is 4.36. The van der Waals surface area contributed by atoms with E-state index in [2.05, 4.69) is 5.32 Å². The van der Waals surface area contributed by atoms with E-state index in [1.165, 1.54) is 0 Å². The van der Waals surface area contributed by atoms with Crippen molar-refractivity contribution < 1.29 is 4.79 Å². The van der Waals surface area contributed by atoms with Crippen molar-refractivity contribution in [2.45, 2.75) is 6.42 Å². The maximum absolute atomic E-state index is 12.1. The predicted octanol–water partition coefficient (Wildman–Crippen LogP) is 3.34. The normalized spacial score (nSPS) is 10.7. The van der Waals surface area contributed by atoms with Crippen LogP contribution in [-0.2, 0) is 0 Å². The highest BCUT2D eigenvalue weighted by atomic mass is 16.1. The fourth-order valence-electron chi connectivity index (χ4n) is 1.92. The molecule has 0 atom stereocenters. The monoisotopic (exact) mass is 280 g/mol. The van der Waals surface area contributed by atoms with Crippen LogP contribution >= 0.6 is 0 Å². The van der Waals surface area contributed by atoms with Gasteiger partial charge in [0, 0.05) is 17.8 Å². The lowest BCUT2D eigenvalue weighted by Gasteiger charge is -2.05. The minimum Gasteiger partial charge on any atom is -0.385 e. The molecule has 3 heteroatoms. The maximum atomic E-state index is 12.1. The Bertz CT molecular complexity index is 588. The first-order chi connectivity index (χ1) is 10.3. The van der Waals surface area contributed by atoms with Gasteiger partial charge in [-0.1, -0.05) is 36.4 Å². The molecule has 0 aliphatic carbocycles. The highest BCUT2D eigenvalue weighted by molar-refractivity contribution is 6.06. The van der Waals surface area contributed by atoms with Gasteiger partial charge in [-0.3, -0.25) is 4.79 Å². The molecule has 2 rings (SSSR count). The van der Waals surface area contributed by atoms with Crippen molar-refractivity contribution in [1.29, 1.82) is 0 Å². The lowest BCUT2D eigenvalue weighted by Crippen LogP contribution is -2.08. The standard InChI is InChI=1S/C18H20N2O/c19-13-4-14-20-17-10-8-16(9-11-17)18(21)12-7-15-5-2-1-3-6-15/h1-3,5-12,20H,4,13-14,19H2/b12-7+. The van der Waals surface area contributed by atoms with E-state index in [-0.39, 0.29) is 5.78 Å². The fraction of sp³-hybridized carbons (Fsp3) is 0.167. The largest absolute Gasteiger partial charge is 0.385 e. The van der Waals surface area contributed by atoms with Crippen molar-refractivity contribution in [3.8, 4) is 0 Å². The number of hydrogen-bond donors (Lipinski definition) is 2. The predicted molar refractivity (Wildman–Crippen MR) is 88.4 cm³/mol. The van der Waals surface area contributed by atoms with Crippen molar-refractivity contribution in [3.05, 3.63) is 71.8 Å². The molecular formula is C18H20N2O. The summed E-state index contributed by atoms with van der Waals surface area (Å²) in [7, 11) is 0. The van der Waals surface area contributed by atoms with Gasteiger partial charge in [-0.15, -0.1) is 0 Å². The van der Waals surface area contributed by atoms with E-state index in [1.807, 2.05) is 60.7 Å². The third kappa shape index (κ3) is 4.89. The minimum atomic E-state index is 0.00682. The lowest BCUT2D eigenvalue weighted by molar-refractivity contribution is 0.104. The number of allylic oxidation sites excluding steroid dienone is 1. The molecule has 21 heavy (non-hydrogen) atoms. The Hall–Kier alpha value is -2.39. The molecular weight excluding hydrogens is 260 g/mol. The summed E-state index contributed by atoms with van der Waals surface area (Å²) < 4.78 is 0. The quantitative estimate of drug-likeness (QED) is 0.464. The van der Waals surface area contributed by atoms with E-state index < -0.39 is 0 Å². The van der Waals surface area contributed by atoms with E-state index >= 15 is 0 Å². The summed E-state index contributed by atoms with van der Waals surface area (Å²) in [5, 5.41) is 3.26. The van der Waals surface area contributed by atoms with E-state index in [0.29, 0.717) is 12.1 Å². The molecule has 0 saturated heterocycles. The van der Waals surface area contributed by atoms with Gasteiger partial charge in [0.25, 0.3) is 0 Å². The van der Waals surface area contributed by atoms with Gasteiger partial charge in [-0.25, -0.2) is 0 Å². The zero-order chi connectivity index (χ0) is 14.9. The fourth-order valence-corrected chi connectivity index (χ4v) is 1.92. The number of hydrogen-bond acceptors (Lipinski definition) is 3. The van der Waals surface area contributed by atoms with Gasteiger partial charge in [-0.2, -0.15) is 0 Å². The molecule has 0 aliphatic rings. The van der Waals surface area contributed by atoms with Gasteiger partial charge < -0.3 is 11.1 Å².